The van der Waals surface area contributed by atoms with Crippen molar-refractivity contribution in [2.45, 2.75) is 45.1 Å². The van der Waals surface area contributed by atoms with E-state index in [-0.39, 0.29) is 23.2 Å². The van der Waals surface area contributed by atoms with Crippen molar-refractivity contribution in [3.8, 4) is 0 Å². The predicted octanol–water partition coefficient (Wildman–Crippen LogP) is 4.86. The van der Waals surface area contributed by atoms with E-state index in [1.165, 1.54) is 18.3 Å². The second kappa shape index (κ2) is 10.3. The van der Waals surface area contributed by atoms with E-state index in [9.17, 15) is 14.0 Å². The zero-order valence-corrected chi connectivity index (χ0v) is 18.6. The molecule has 2 aromatic carbocycles. The van der Waals surface area contributed by atoms with E-state index in [4.69, 9.17) is 0 Å². The van der Waals surface area contributed by atoms with Gasteiger partial charge >= 0.3 is 0 Å². The van der Waals surface area contributed by atoms with E-state index in [1.807, 2.05) is 35.2 Å². The Balaban J connectivity index is 1.47. The van der Waals surface area contributed by atoms with Gasteiger partial charge in [-0.1, -0.05) is 42.5 Å². The summed E-state index contributed by atoms with van der Waals surface area (Å²) in [6.07, 6.45) is 5.33. The summed E-state index contributed by atoms with van der Waals surface area (Å²) in [6, 6.07) is 15.8. The Morgan fingerprint density at radius 3 is 2.61 bits per heavy atom. The smallest absolute Gasteiger partial charge is 0.259 e. The molecular weight excluding hydrogens is 419 g/mol. The molecule has 3 aromatic rings. The first-order valence-electron chi connectivity index (χ1n) is 11.3. The summed E-state index contributed by atoms with van der Waals surface area (Å²) < 4.78 is 13.9. The third-order valence-corrected chi connectivity index (χ3v) is 5.96. The molecule has 0 aliphatic carbocycles. The average molecular weight is 447 g/mol. The van der Waals surface area contributed by atoms with Crippen LogP contribution in [0.2, 0.25) is 0 Å². The van der Waals surface area contributed by atoms with E-state index >= 15 is 0 Å². The highest BCUT2D eigenvalue weighted by molar-refractivity contribution is 6.04. The van der Waals surface area contributed by atoms with Gasteiger partial charge in [0.2, 0.25) is 5.91 Å². The maximum atomic E-state index is 13.9. The van der Waals surface area contributed by atoms with Crippen LogP contribution in [-0.2, 0) is 11.2 Å². The minimum Gasteiger partial charge on any atom is -0.332 e. The molecule has 1 saturated heterocycles. The van der Waals surface area contributed by atoms with Crippen molar-refractivity contribution in [1.82, 2.24) is 14.9 Å². The molecule has 0 bridgehead atoms. The number of nitrogens with zero attached hydrogens (tertiary/aromatic N) is 3. The Kier molecular flexibility index (Phi) is 7.07. The number of rotatable bonds is 6. The fourth-order valence-corrected chi connectivity index (χ4v) is 4.16. The van der Waals surface area contributed by atoms with Crippen LogP contribution < -0.4 is 5.32 Å². The minimum absolute atomic E-state index is 0.0891. The summed E-state index contributed by atoms with van der Waals surface area (Å²) in [5, 5.41) is 2.57. The largest absolute Gasteiger partial charge is 0.332 e. The van der Waals surface area contributed by atoms with Crippen LogP contribution in [-0.4, -0.2) is 33.2 Å². The number of carbonyl (C=O) groups is 2. The van der Waals surface area contributed by atoms with Gasteiger partial charge in [-0.25, -0.2) is 14.4 Å². The summed E-state index contributed by atoms with van der Waals surface area (Å²) in [7, 11) is 0. The molecule has 1 atom stereocenters. The van der Waals surface area contributed by atoms with E-state index in [0.717, 1.165) is 24.8 Å². The summed E-state index contributed by atoms with van der Waals surface area (Å²) >= 11 is 0. The second-order valence-corrected chi connectivity index (χ2v) is 8.25. The number of anilines is 1. The first-order valence-corrected chi connectivity index (χ1v) is 11.3. The fourth-order valence-electron chi connectivity index (χ4n) is 4.16. The molecule has 6 nitrogen and oxygen atoms in total. The SMILES string of the molecule is Cc1nc(C2CCCCN2C(=O)CCc2ccccc2)ncc1C(=O)Nc1ccccc1F. The molecule has 2 heterocycles. The standard InChI is InChI=1S/C26H27FN4O2/c1-18-20(26(33)30-22-12-6-5-11-21(22)27)17-28-25(29-18)23-13-7-8-16-31(23)24(32)15-14-19-9-3-2-4-10-19/h2-6,9-12,17,23H,7-8,13-16H2,1H3,(H,30,33). The first kappa shape index (κ1) is 22.6. The Bertz CT molecular complexity index is 1140. The van der Waals surface area contributed by atoms with Gasteiger partial charge in [0.05, 0.1) is 23.0 Å². The van der Waals surface area contributed by atoms with Gasteiger partial charge < -0.3 is 10.2 Å². The minimum atomic E-state index is -0.507. The topological polar surface area (TPSA) is 75.2 Å². The van der Waals surface area contributed by atoms with E-state index in [2.05, 4.69) is 15.3 Å². The third-order valence-electron chi connectivity index (χ3n) is 5.96. The van der Waals surface area contributed by atoms with Crippen molar-refractivity contribution >= 4 is 17.5 Å². The van der Waals surface area contributed by atoms with Crippen molar-refractivity contribution in [1.29, 1.82) is 0 Å². The first-order chi connectivity index (χ1) is 16.0. The summed E-state index contributed by atoms with van der Waals surface area (Å²) in [5.74, 6) is -0.342. The number of para-hydroxylation sites is 1. The van der Waals surface area contributed by atoms with E-state index < -0.39 is 11.7 Å². The normalized spacial score (nSPS) is 15.8. The monoisotopic (exact) mass is 446 g/mol. The predicted molar refractivity (Wildman–Crippen MR) is 124 cm³/mol. The van der Waals surface area contributed by atoms with E-state index in [1.54, 1.807) is 19.1 Å². The molecule has 1 N–H and O–H groups in total. The van der Waals surface area contributed by atoms with Crippen molar-refractivity contribution < 1.29 is 14.0 Å². The molecule has 1 aromatic heterocycles. The lowest BCUT2D eigenvalue weighted by Crippen LogP contribution is -2.39. The van der Waals surface area contributed by atoms with Gasteiger partial charge in [-0.3, -0.25) is 9.59 Å². The zero-order chi connectivity index (χ0) is 23.2. The quantitative estimate of drug-likeness (QED) is 0.587. The average Bonchev–Trinajstić information content (AvgIpc) is 2.84. The molecule has 7 heteroatoms. The van der Waals surface area contributed by atoms with Gasteiger partial charge in [-0.15, -0.1) is 0 Å². The number of nitrogens with one attached hydrogen (secondary N) is 1. The highest BCUT2D eigenvalue weighted by atomic mass is 19.1. The summed E-state index contributed by atoms with van der Waals surface area (Å²) in [5.41, 5.74) is 2.01. The molecule has 2 amide bonds. The number of likely N-dealkylation sites (tertiary alicyclic amines) is 1. The number of halogens is 1. The Morgan fingerprint density at radius 1 is 1.09 bits per heavy atom. The van der Waals surface area contributed by atoms with Crippen LogP contribution in [0.4, 0.5) is 10.1 Å². The lowest BCUT2D eigenvalue weighted by atomic mass is 9.99. The number of benzene rings is 2. The molecule has 4 rings (SSSR count). The van der Waals surface area contributed by atoms with Gasteiger partial charge in [-0.05, 0) is 50.3 Å². The molecule has 1 unspecified atom stereocenters. The van der Waals surface area contributed by atoms with Gasteiger partial charge in [-0.2, -0.15) is 0 Å². The number of amides is 2. The number of carbonyl (C=O) groups excluding carboxylic acids is 2. The van der Waals surface area contributed by atoms with Crippen molar-refractivity contribution in [3.63, 3.8) is 0 Å². The van der Waals surface area contributed by atoms with Crippen molar-refractivity contribution in [2.24, 2.45) is 0 Å². The highest BCUT2D eigenvalue weighted by Crippen LogP contribution is 2.30. The molecule has 33 heavy (non-hydrogen) atoms. The molecule has 170 valence electrons. The Labute approximate surface area is 192 Å². The maximum absolute atomic E-state index is 13.9. The van der Waals surface area contributed by atoms with Crippen LogP contribution in [0.5, 0.6) is 0 Å². The lowest BCUT2D eigenvalue weighted by molar-refractivity contribution is -0.135. The maximum Gasteiger partial charge on any atom is 0.259 e. The summed E-state index contributed by atoms with van der Waals surface area (Å²) in [6.45, 7) is 2.40. The van der Waals surface area contributed by atoms with Crippen LogP contribution in [0.3, 0.4) is 0 Å². The molecular formula is C26H27FN4O2. The van der Waals surface area contributed by atoms with E-state index in [0.29, 0.717) is 30.9 Å². The second-order valence-electron chi connectivity index (χ2n) is 8.25. The highest BCUT2D eigenvalue weighted by Gasteiger charge is 2.30. The molecule has 0 radical (unpaired) electrons. The summed E-state index contributed by atoms with van der Waals surface area (Å²) in [4.78, 5) is 36.6. The van der Waals surface area contributed by atoms with Crippen LogP contribution in [0.15, 0.2) is 60.8 Å². The van der Waals surface area contributed by atoms with Crippen LogP contribution in [0.25, 0.3) is 0 Å². The van der Waals surface area contributed by atoms with Crippen LogP contribution in [0, 0.1) is 12.7 Å². The van der Waals surface area contributed by atoms with Gasteiger partial charge in [0.25, 0.3) is 5.91 Å². The van der Waals surface area contributed by atoms with Crippen molar-refractivity contribution in [3.05, 3.63) is 89.3 Å². The molecule has 1 aliphatic rings. The van der Waals surface area contributed by atoms with Gasteiger partial charge in [0.1, 0.15) is 5.82 Å². The molecule has 1 fully saturated rings. The molecule has 1 aliphatic heterocycles. The number of aromatic nitrogens is 2. The van der Waals surface area contributed by atoms with Crippen molar-refractivity contribution in [2.75, 3.05) is 11.9 Å². The fraction of sp³-hybridized carbons (Fsp3) is 0.308. The Morgan fingerprint density at radius 2 is 1.85 bits per heavy atom. The van der Waals surface area contributed by atoms with Crippen LogP contribution >= 0.6 is 0 Å². The number of hydrogen-bond acceptors (Lipinski definition) is 4. The van der Waals surface area contributed by atoms with Crippen LogP contribution in [0.1, 0.15) is 59.2 Å². The zero-order valence-electron chi connectivity index (χ0n) is 18.6. The number of aryl methyl sites for hydroxylation is 2. The Hall–Kier alpha value is -3.61. The molecule has 0 spiro atoms. The third kappa shape index (κ3) is 5.42. The van der Waals surface area contributed by atoms with Gasteiger partial charge in [0.15, 0.2) is 5.82 Å². The number of hydrogen-bond donors (Lipinski definition) is 1. The van der Waals surface area contributed by atoms with Gasteiger partial charge in [0, 0.05) is 19.2 Å². The lowest BCUT2D eigenvalue weighted by Gasteiger charge is -2.35. The number of piperidine rings is 1. The molecule has 0 saturated carbocycles.